The van der Waals surface area contributed by atoms with Crippen LogP contribution >= 0.6 is 24.8 Å². The van der Waals surface area contributed by atoms with E-state index in [2.05, 4.69) is 22.0 Å². The van der Waals surface area contributed by atoms with Gasteiger partial charge >= 0.3 is 0 Å². The van der Waals surface area contributed by atoms with Crippen LogP contribution in [0.3, 0.4) is 0 Å². The third-order valence-corrected chi connectivity index (χ3v) is 5.45. The minimum atomic E-state index is -0.237. The van der Waals surface area contributed by atoms with Gasteiger partial charge in [-0.15, -0.1) is 24.8 Å². The molecule has 4 nitrogen and oxygen atoms in total. The van der Waals surface area contributed by atoms with Gasteiger partial charge in [-0.3, -0.25) is 9.69 Å². The Morgan fingerprint density at radius 3 is 2.24 bits per heavy atom. The normalized spacial score (nSPS) is 30.2. The molecule has 3 aliphatic rings. The first-order chi connectivity index (χ1) is 9.25. The molecule has 21 heavy (non-hydrogen) atoms. The predicted octanol–water partition coefficient (Wildman–Crippen LogP) is 2.06. The van der Waals surface area contributed by atoms with Gasteiger partial charge in [-0.25, -0.2) is 0 Å². The lowest BCUT2D eigenvalue weighted by molar-refractivity contribution is -0.140. The van der Waals surface area contributed by atoms with Crippen molar-refractivity contribution in [3.63, 3.8) is 0 Å². The Hall–Kier alpha value is -0.0300. The Labute approximate surface area is 140 Å². The molecule has 2 heterocycles. The molecule has 0 spiro atoms. The Morgan fingerprint density at radius 2 is 1.81 bits per heavy atom. The zero-order chi connectivity index (χ0) is 13.3. The molecule has 1 aliphatic carbocycles. The van der Waals surface area contributed by atoms with Gasteiger partial charge in [0.05, 0.1) is 5.54 Å². The summed E-state index contributed by atoms with van der Waals surface area (Å²) in [5.74, 6) is 0.362. The standard InChI is InChI=1S/C15H27N3O.2ClH/c1-2-15(7-4-8-16-15)14(19)18-11-9-17(10-12-18)13-5-3-6-13;;/h13,16H,2-12H2,1H3;2*1H. The van der Waals surface area contributed by atoms with Gasteiger partial charge in [0.2, 0.25) is 5.91 Å². The Balaban J connectivity index is 0.00000110. The lowest BCUT2D eigenvalue weighted by Crippen LogP contribution is -2.60. The Bertz CT molecular complexity index is 336. The van der Waals surface area contributed by atoms with Crippen LogP contribution in [0.5, 0.6) is 0 Å². The van der Waals surface area contributed by atoms with Crippen LogP contribution in [0.15, 0.2) is 0 Å². The van der Waals surface area contributed by atoms with E-state index in [0.717, 1.165) is 58.0 Å². The smallest absolute Gasteiger partial charge is 0.242 e. The molecule has 0 radical (unpaired) electrons. The first kappa shape index (κ1) is 19.0. The Morgan fingerprint density at radius 1 is 1.14 bits per heavy atom. The summed E-state index contributed by atoms with van der Waals surface area (Å²) in [5.41, 5.74) is -0.237. The summed E-state index contributed by atoms with van der Waals surface area (Å²) in [7, 11) is 0. The molecule has 0 bridgehead atoms. The predicted molar refractivity (Wildman–Crippen MR) is 90.5 cm³/mol. The summed E-state index contributed by atoms with van der Waals surface area (Å²) in [5, 5.41) is 3.47. The summed E-state index contributed by atoms with van der Waals surface area (Å²) >= 11 is 0. The van der Waals surface area contributed by atoms with Crippen LogP contribution in [0, 0.1) is 0 Å². The SMILES string of the molecule is CCC1(C(=O)N2CCN(C3CCC3)CC2)CCCN1.Cl.Cl. The van der Waals surface area contributed by atoms with Gasteiger partial charge in [-0.2, -0.15) is 0 Å². The highest BCUT2D eigenvalue weighted by Gasteiger charge is 2.42. The molecule has 3 rings (SSSR count). The lowest BCUT2D eigenvalue weighted by atomic mass is 9.90. The zero-order valence-corrected chi connectivity index (χ0v) is 14.6. The van der Waals surface area contributed by atoms with Crippen LogP contribution < -0.4 is 5.32 Å². The summed E-state index contributed by atoms with van der Waals surface area (Å²) < 4.78 is 0. The van der Waals surface area contributed by atoms with E-state index in [4.69, 9.17) is 0 Å². The highest BCUT2D eigenvalue weighted by atomic mass is 35.5. The van der Waals surface area contributed by atoms with Crippen LogP contribution in [0.2, 0.25) is 0 Å². The van der Waals surface area contributed by atoms with Crippen molar-refractivity contribution in [3.05, 3.63) is 0 Å². The summed E-state index contributed by atoms with van der Waals surface area (Å²) in [6.07, 6.45) is 7.22. The number of rotatable bonds is 3. The van der Waals surface area contributed by atoms with E-state index in [1.165, 1.54) is 19.3 Å². The molecule has 1 unspecified atom stereocenters. The minimum Gasteiger partial charge on any atom is -0.339 e. The van der Waals surface area contributed by atoms with Crippen molar-refractivity contribution in [1.29, 1.82) is 0 Å². The first-order valence-corrected chi connectivity index (χ1v) is 8.04. The number of carbonyl (C=O) groups excluding carboxylic acids is 1. The monoisotopic (exact) mass is 337 g/mol. The molecule has 1 atom stereocenters. The lowest BCUT2D eigenvalue weighted by Gasteiger charge is -2.44. The van der Waals surface area contributed by atoms with E-state index >= 15 is 0 Å². The second kappa shape index (κ2) is 8.00. The molecule has 3 fully saturated rings. The van der Waals surface area contributed by atoms with Crippen molar-refractivity contribution < 1.29 is 4.79 Å². The molecule has 1 amide bonds. The zero-order valence-electron chi connectivity index (χ0n) is 13.0. The number of piperazine rings is 1. The number of hydrogen-bond acceptors (Lipinski definition) is 3. The van der Waals surface area contributed by atoms with Gasteiger partial charge in [-0.1, -0.05) is 13.3 Å². The Kier molecular flexibility index (Phi) is 7.25. The molecular formula is C15H29Cl2N3O. The number of nitrogens with zero attached hydrogens (tertiary/aromatic N) is 2. The largest absolute Gasteiger partial charge is 0.339 e. The number of hydrogen-bond donors (Lipinski definition) is 1. The third kappa shape index (κ3) is 3.66. The van der Waals surface area contributed by atoms with Crippen LogP contribution in [-0.2, 0) is 4.79 Å². The quantitative estimate of drug-likeness (QED) is 0.856. The molecule has 0 aromatic heterocycles. The maximum absolute atomic E-state index is 12.8. The highest BCUT2D eigenvalue weighted by Crippen LogP contribution is 2.28. The van der Waals surface area contributed by atoms with Crippen molar-refractivity contribution >= 4 is 30.7 Å². The van der Waals surface area contributed by atoms with Crippen molar-refractivity contribution in [2.75, 3.05) is 32.7 Å². The van der Waals surface area contributed by atoms with Crippen LogP contribution in [0.25, 0.3) is 0 Å². The molecule has 2 aliphatic heterocycles. The molecule has 0 aromatic rings. The molecule has 1 N–H and O–H groups in total. The van der Waals surface area contributed by atoms with Crippen molar-refractivity contribution in [1.82, 2.24) is 15.1 Å². The molecule has 0 aromatic carbocycles. The molecule has 124 valence electrons. The van der Waals surface area contributed by atoms with Gasteiger partial charge in [-0.05, 0) is 38.6 Å². The number of carbonyl (C=O) groups is 1. The fourth-order valence-corrected chi connectivity index (χ4v) is 3.79. The summed E-state index contributed by atoms with van der Waals surface area (Å²) in [6, 6.07) is 0.821. The average molecular weight is 338 g/mol. The number of nitrogens with one attached hydrogen (secondary N) is 1. The third-order valence-electron chi connectivity index (χ3n) is 5.45. The molecule has 1 saturated carbocycles. The van der Waals surface area contributed by atoms with Crippen LogP contribution in [0.4, 0.5) is 0 Å². The van der Waals surface area contributed by atoms with Crippen molar-refractivity contribution in [2.45, 2.75) is 57.0 Å². The molecule has 6 heteroatoms. The second-order valence-corrected chi connectivity index (χ2v) is 6.38. The highest BCUT2D eigenvalue weighted by molar-refractivity contribution is 5.87. The van der Waals surface area contributed by atoms with E-state index < -0.39 is 0 Å². The maximum Gasteiger partial charge on any atom is 0.242 e. The van der Waals surface area contributed by atoms with Crippen LogP contribution in [-0.4, -0.2) is 60.0 Å². The van der Waals surface area contributed by atoms with Crippen molar-refractivity contribution in [3.8, 4) is 0 Å². The van der Waals surface area contributed by atoms with Gasteiger partial charge in [0.15, 0.2) is 0 Å². The van der Waals surface area contributed by atoms with Gasteiger partial charge in [0.1, 0.15) is 0 Å². The van der Waals surface area contributed by atoms with Gasteiger partial charge < -0.3 is 10.2 Å². The van der Waals surface area contributed by atoms with E-state index in [9.17, 15) is 4.79 Å². The van der Waals surface area contributed by atoms with Gasteiger partial charge in [0, 0.05) is 32.2 Å². The van der Waals surface area contributed by atoms with E-state index in [1.54, 1.807) is 0 Å². The topological polar surface area (TPSA) is 35.6 Å². The van der Waals surface area contributed by atoms with Crippen molar-refractivity contribution in [2.24, 2.45) is 0 Å². The fourth-order valence-electron chi connectivity index (χ4n) is 3.79. The van der Waals surface area contributed by atoms with E-state index in [1.807, 2.05) is 0 Å². The summed E-state index contributed by atoms with van der Waals surface area (Å²) in [6.45, 7) is 7.16. The number of amides is 1. The molecular weight excluding hydrogens is 309 g/mol. The summed E-state index contributed by atoms with van der Waals surface area (Å²) in [4.78, 5) is 17.5. The fraction of sp³-hybridized carbons (Fsp3) is 0.933. The van der Waals surface area contributed by atoms with Crippen LogP contribution in [0.1, 0.15) is 45.4 Å². The average Bonchev–Trinajstić information content (AvgIpc) is 2.87. The second-order valence-electron chi connectivity index (χ2n) is 6.38. The number of halogens is 2. The maximum atomic E-state index is 12.8. The van der Waals surface area contributed by atoms with Gasteiger partial charge in [0.25, 0.3) is 0 Å². The minimum absolute atomic E-state index is 0. The van der Waals surface area contributed by atoms with E-state index in [0.29, 0.717) is 5.91 Å². The first-order valence-electron chi connectivity index (χ1n) is 8.04. The van der Waals surface area contributed by atoms with E-state index in [-0.39, 0.29) is 30.4 Å². The molecule has 2 saturated heterocycles.